The van der Waals surface area contributed by atoms with E-state index in [-0.39, 0.29) is 11.8 Å². The summed E-state index contributed by atoms with van der Waals surface area (Å²) in [5.41, 5.74) is 9.37. The highest BCUT2D eigenvalue weighted by atomic mass is 16.5. The van der Waals surface area contributed by atoms with E-state index < -0.39 is 0 Å². The largest absolute Gasteiger partial charge is 0.494 e. The van der Waals surface area contributed by atoms with Crippen molar-refractivity contribution in [1.29, 1.82) is 0 Å². The molecule has 0 aromatic heterocycles. The van der Waals surface area contributed by atoms with Crippen molar-refractivity contribution in [3.8, 4) is 5.75 Å². The van der Waals surface area contributed by atoms with Crippen LogP contribution in [-0.2, 0) is 11.3 Å². The van der Waals surface area contributed by atoms with E-state index in [4.69, 9.17) is 10.3 Å². The molecule has 106 valence electrons. The summed E-state index contributed by atoms with van der Waals surface area (Å²) in [7, 11) is 0. The van der Waals surface area contributed by atoms with E-state index in [1.54, 1.807) is 0 Å². The Kier molecular flexibility index (Phi) is 4.85. The molecule has 1 aromatic carbocycles. The van der Waals surface area contributed by atoms with Gasteiger partial charge in [-0.2, -0.15) is 0 Å². The van der Waals surface area contributed by atoms with Gasteiger partial charge < -0.3 is 9.64 Å². The van der Waals surface area contributed by atoms with Gasteiger partial charge in [0.25, 0.3) is 0 Å². The lowest BCUT2D eigenvalue weighted by Crippen LogP contribution is -2.24. The minimum absolute atomic E-state index is 0.116. The quantitative estimate of drug-likeness (QED) is 0.454. The highest BCUT2D eigenvalue weighted by Gasteiger charge is 2.28. The Labute approximate surface area is 118 Å². The number of nitrogens with zero attached hydrogens (tertiary/aromatic N) is 4. The average Bonchev–Trinajstić information content (AvgIpc) is 2.78. The van der Waals surface area contributed by atoms with Crippen molar-refractivity contribution in [3.05, 3.63) is 40.3 Å². The predicted octanol–water partition coefficient (Wildman–Crippen LogP) is 2.74. The molecule has 0 radical (unpaired) electrons. The van der Waals surface area contributed by atoms with Gasteiger partial charge in [-0.05, 0) is 36.1 Å². The van der Waals surface area contributed by atoms with Crippen LogP contribution in [0.4, 0.5) is 0 Å². The molecule has 0 aliphatic carbocycles. The Morgan fingerprint density at radius 1 is 1.55 bits per heavy atom. The van der Waals surface area contributed by atoms with Gasteiger partial charge in [-0.1, -0.05) is 17.2 Å². The number of likely N-dealkylation sites (tertiary alicyclic amines) is 1. The van der Waals surface area contributed by atoms with Crippen molar-refractivity contribution < 1.29 is 9.53 Å². The normalized spacial score (nSPS) is 17.9. The highest BCUT2D eigenvalue weighted by Crippen LogP contribution is 2.22. The van der Waals surface area contributed by atoms with E-state index in [9.17, 15) is 4.79 Å². The molecule has 1 unspecified atom stereocenters. The first kappa shape index (κ1) is 14.2. The summed E-state index contributed by atoms with van der Waals surface area (Å²) in [5.74, 6) is 1.07. The fraction of sp³-hybridized carbons (Fsp3) is 0.500. The zero-order valence-corrected chi connectivity index (χ0v) is 11.5. The molecule has 1 atom stereocenters. The Bertz CT molecular complexity index is 526. The second kappa shape index (κ2) is 6.82. The van der Waals surface area contributed by atoms with Crippen molar-refractivity contribution in [2.45, 2.75) is 19.9 Å². The van der Waals surface area contributed by atoms with Crippen molar-refractivity contribution >= 4 is 5.91 Å². The number of hydrogen-bond donors (Lipinski definition) is 0. The molecule has 1 amide bonds. The molecule has 1 aliphatic rings. The van der Waals surface area contributed by atoms with E-state index >= 15 is 0 Å². The summed E-state index contributed by atoms with van der Waals surface area (Å²) in [4.78, 5) is 16.5. The third-order valence-electron chi connectivity index (χ3n) is 3.28. The zero-order valence-electron chi connectivity index (χ0n) is 11.5. The van der Waals surface area contributed by atoms with Crippen LogP contribution in [0.5, 0.6) is 5.75 Å². The number of azide groups is 1. The number of hydrogen-bond acceptors (Lipinski definition) is 3. The maximum absolute atomic E-state index is 11.9. The molecule has 2 rings (SSSR count). The number of rotatable bonds is 6. The lowest BCUT2D eigenvalue weighted by molar-refractivity contribution is -0.128. The highest BCUT2D eigenvalue weighted by molar-refractivity contribution is 5.78. The molecule has 0 saturated carbocycles. The van der Waals surface area contributed by atoms with E-state index in [1.807, 2.05) is 36.1 Å². The predicted molar refractivity (Wildman–Crippen MR) is 75.1 cm³/mol. The van der Waals surface area contributed by atoms with Crippen molar-refractivity contribution in [2.75, 3.05) is 19.7 Å². The van der Waals surface area contributed by atoms with Gasteiger partial charge in [0.15, 0.2) is 0 Å². The first-order valence-corrected chi connectivity index (χ1v) is 6.73. The fourth-order valence-electron chi connectivity index (χ4n) is 2.40. The van der Waals surface area contributed by atoms with Crippen LogP contribution in [-0.4, -0.2) is 30.5 Å². The standard InChI is InChI=1S/C14H18N4O2/c1-2-20-13-5-3-4-11(6-13)9-18-10-12(7-14(18)19)8-16-17-15/h3-6,12H,2,7-10H2,1H3. The van der Waals surface area contributed by atoms with E-state index in [2.05, 4.69) is 10.0 Å². The minimum atomic E-state index is 0.116. The summed E-state index contributed by atoms with van der Waals surface area (Å²) >= 11 is 0. The smallest absolute Gasteiger partial charge is 0.223 e. The van der Waals surface area contributed by atoms with Crippen LogP contribution in [0.15, 0.2) is 29.4 Å². The number of benzene rings is 1. The van der Waals surface area contributed by atoms with Gasteiger partial charge in [0, 0.05) is 31.0 Å². The molecule has 1 fully saturated rings. The molecular formula is C14H18N4O2. The number of carbonyl (C=O) groups excluding carboxylic acids is 1. The zero-order chi connectivity index (χ0) is 14.4. The summed E-state index contributed by atoms with van der Waals surface area (Å²) in [6.07, 6.45) is 0.462. The van der Waals surface area contributed by atoms with Gasteiger partial charge in [-0.25, -0.2) is 0 Å². The molecule has 1 aliphatic heterocycles. The van der Waals surface area contributed by atoms with Crippen LogP contribution in [0.25, 0.3) is 10.4 Å². The molecule has 0 bridgehead atoms. The van der Waals surface area contributed by atoms with Crippen molar-refractivity contribution in [1.82, 2.24) is 4.90 Å². The van der Waals surface area contributed by atoms with Crippen LogP contribution in [0.3, 0.4) is 0 Å². The number of ether oxygens (including phenoxy) is 1. The molecule has 6 heteroatoms. The summed E-state index contributed by atoms with van der Waals surface area (Å²) in [6, 6.07) is 7.77. The van der Waals surface area contributed by atoms with Crippen LogP contribution in [0.2, 0.25) is 0 Å². The van der Waals surface area contributed by atoms with E-state index in [1.165, 1.54) is 0 Å². The molecule has 0 N–H and O–H groups in total. The van der Waals surface area contributed by atoms with Gasteiger partial charge in [0.2, 0.25) is 5.91 Å². The Morgan fingerprint density at radius 3 is 3.15 bits per heavy atom. The Morgan fingerprint density at radius 2 is 2.40 bits per heavy atom. The monoisotopic (exact) mass is 274 g/mol. The Balaban J connectivity index is 1.97. The molecule has 20 heavy (non-hydrogen) atoms. The minimum Gasteiger partial charge on any atom is -0.494 e. The molecule has 1 saturated heterocycles. The number of amides is 1. The number of carbonyl (C=O) groups is 1. The molecular weight excluding hydrogens is 256 g/mol. The first-order chi connectivity index (χ1) is 9.72. The average molecular weight is 274 g/mol. The van der Waals surface area contributed by atoms with Crippen LogP contribution in [0, 0.1) is 5.92 Å². The van der Waals surface area contributed by atoms with Crippen LogP contribution < -0.4 is 4.74 Å². The fourth-order valence-corrected chi connectivity index (χ4v) is 2.40. The lowest BCUT2D eigenvalue weighted by atomic mass is 10.1. The van der Waals surface area contributed by atoms with E-state index in [0.29, 0.717) is 32.7 Å². The van der Waals surface area contributed by atoms with Gasteiger partial charge in [0.05, 0.1) is 6.61 Å². The van der Waals surface area contributed by atoms with Crippen LogP contribution >= 0.6 is 0 Å². The topological polar surface area (TPSA) is 78.3 Å². The summed E-state index contributed by atoms with van der Waals surface area (Å²) < 4.78 is 5.45. The van der Waals surface area contributed by atoms with Gasteiger partial charge >= 0.3 is 0 Å². The third kappa shape index (κ3) is 3.65. The molecule has 6 nitrogen and oxygen atoms in total. The molecule has 1 aromatic rings. The molecule has 0 spiro atoms. The van der Waals surface area contributed by atoms with Crippen molar-refractivity contribution in [3.63, 3.8) is 0 Å². The van der Waals surface area contributed by atoms with E-state index in [0.717, 1.165) is 11.3 Å². The van der Waals surface area contributed by atoms with Crippen LogP contribution in [0.1, 0.15) is 18.9 Å². The molecule has 1 heterocycles. The van der Waals surface area contributed by atoms with Gasteiger partial charge in [-0.3, -0.25) is 4.79 Å². The summed E-state index contributed by atoms with van der Waals surface area (Å²) in [5, 5.41) is 3.55. The third-order valence-corrected chi connectivity index (χ3v) is 3.28. The second-order valence-electron chi connectivity index (χ2n) is 4.84. The first-order valence-electron chi connectivity index (χ1n) is 6.73. The lowest BCUT2D eigenvalue weighted by Gasteiger charge is -2.17. The van der Waals surface area contributed by atoms with Crippen molar-refractivity contribution in [2.24, 2.45) is 11.0 Å². The maximum Gasteiger partial charge on any atom is 0.223 e. The second-order valence-corrected chi connectivity index (χ2v) is 4.84. The maximum atomic E-state index is 11.9. The Hall–Kier alpha value is -2.20. The summed E-state index contributed by atoms with van der Waals surface area (Å²) in [6.45, 7) is 4.18. The SMILES string of the molecule is CCOc1cccc(CN2CC(CN=[N+]=[N-])CC2=O)c1. The van der Waals surface area contributed by atoms with Gasteiger partial charge in [0.1, 0.15) is 5.75 Å². The van der Waals surface area contributed by atoms with Gasteiger partial charge in [-0.15, -0.1) is 0 Å².